The van der Waals surface area contributed by atoms with Crippen LogP contribution in [0.2, 0.25) is 0 Å². The number of ether oxygens (including phenoxy) is 1. The lowest BCUT2D eigenvalue weighted by atomic mass is 9.72. The second-order valence-electron chi connectivity index (χ2n) is 7.24. The molecule has 2 aromatic rings. The summed E-state index contributed by atoms with van der Waals surface area (Å²) >= 11 is 0. The molecule has 0 radical (unpaired) electrons. The molecule has 1 N–H and O–H groups in total. The number of benzene rings is 1. The lowest BCUT2D eigenvalue weighted by Crippen LogP contribution is -2.55. The summed E-state index contributed by atoms with van der Waals surface area (Å²) in [5.74, 6) is 2.37. The molecule has 1 aromatic heterocycles. The fourth-order valence-corrected chi connectivity index (χ4v) is 4.71. The molecular weight excluding hydrogens is 300 g/mol. The van der Waals surface area contributed by atoms with Gasteiger partial charge in [-0.15, -0.1) is 0 Å². The lowest BCUT2D eigenvalue weighted by molar-refractivity contribution is -0.0562. The summed E-state index contributed by atoms with van der Waals surface area (Å²) in [5, 5.41) is 12.2. The molecule has 0 saturated carbocycles. The molecule has 128 valence electrons. The maximum atomic E-state index is 11.2. The van der Waals surface area contributed by atoms with E-state index in [0.29, 0.717) is 0 Å². The fraction of sp³-hybridized carbons (Fsp3) is 0.550. The van der Waals surface area contributed by atoms with Crippen LogP contribution in [-0.4, -0.2) is 41.2 Å². The van der Waals surface area contributed by atoms with Gasteiger partial charge in [-0.25, -0.2) is 0 Å². The van der Waals surface area contributed by atoms with E-state index in [-0.39, 0.29) is 6.04 Å². The van der Waals surface area contributed by atoms with Crippen molar-refractivity contribution in [1.29, 1.82) is 0 Å². The molecule has 1 aromatic carbocycles. The number of nitrogens with zero attached hydrogens (tertiary/aromatic N) is 2. The van der Waals surface area contributed by atoms with Gasteiger partial charge in [0.15, 0.2) is 0 Å². The van der Waals surface area contributed by atoms with Crippen molar-refractivity contribution in [2.24, 2.45) is 11.8 Å². The van der Waals surface area contributed by atoms with Crippen LogP contribution in [0, 0.1) is 11.8 Å². The topological polar surface area (TPSA) is 45.6 Å². The van der Waals surface area contributed by atoms with E-state index in [1.807, 2.05) is 24.3 Å². The van der Waals surface area contributed by atoms with Crippen LogP contribution in [0.4, 0.5) is 0 Å². The summed E-state index contributed by atoms with van der Waals surface area (Å²) in [6.07, 6.45) is 4.97. The number of aliphatic hydroxyl groups excluding tert-OH is 1. The molecule has 4 nitrogen and oxygen atoms in total. The zero-order valence-electron chi connectivity index (χ0n) is 14.5. The molecule has 24 heavy (non-hydrogen) atoms. The number of piperidine rings is 3. The summed E-state index contributed by atoms with van der Waals surface area (Å²) in [7, 11) is 1.67. The summed E-state index contributed by atoms with van der Waals surface area (Å²) in [4.78, 5) is 6.94. The van der Waals surface area contributed by atoms with Crippen molar-refractivity contribution in [3.63, 3.8) is 0 Å². The number of hydrogen-bond donors (Lipinski definition) is 1. The van der Waals surface area contributed by atoms with Crippen LogP contribution in [0.3, 0.4) is 0 Å². The minimum Gasteiger partial charge on any atom is -0.497 e. The van der Waals surface area contributed by atoms with Crippen molar-refractivity contribution in [3.05, 3.63) is 36.0 Å². The quantitative estimate of drug-likeness (QED) is 0.935. The van der Waals surface area contributed by atoms with Crippen molar-refractivity contribution in [3.8, 4) is 5.75 Å². The fourth-order valence-electron chi connectivity index (χ4n) is 4.71. The molecule has 3 fully saturated rings. The summed E-state index contributed by atoms with van der Waals surface area (Å²) in [5.41, 5.74) is 1.89. The van der Waals surface area contributed by atoms with Gasteiger partial charge in [0.05, 0.1) is 18.7 Å². The Kier molecular flexibility index (Phi) is 4.19. The van der Waals surface area contributed by atoms with Gasteiger partial charge in [-0.1, -0.05) is 13.3 Å². The van der Waals surface area contributed by atoms with Crippen molar-refractivity contribution in [1.82, 2.24) is 9.88 Å². The van der Waals surface area contributed by atoms with Crippen LogP contribution in [0.5, 0.6) is 5.75 Å². The molecule has 5 atom stereocenters. The van der Waals surface area contributed by atoms with Gasteiger partial charge in [0.25, 0.3) is 0 Å². The average Bonchev–Trinajstić information content (AvgIpc) is 2.66. The lowest BCUT2D eigenvalue weighted by Gasteiger charge is -2.51. The molecule has 1 unspecified atom stereocenters. The molecule has 4 heteroatoms. The zero-order chi connectivity index (χ0) is 16.7. The molecule has 3 aliphatic rings. The van der Waals surface area contributed by atoms with Gasteiger partial charge in [0, 0.05) is 24.2 Å². The monoisotopic (exact) mass is 326 g/mol. The first-order valence-corrected chi connectivity index (χ1v) is 9.06. The van der Waals surface area contributed by atoms with Gasteiger partial charge in [-0.05, 0) is 61.1 Å². The largest absolute Gasteiger partial charge is 0.497 e. The Morgan fingerprint density at radius 2 is 2.25 bits per heavy atom. The number of fused-ring (bicyclic) bond motifs is 4. The highest BCUT2D eigenvalue weighted by molar-refractivity contribution is 5.83. The predicted molar refractivity (Wildman–Crippen MR) is 95.1 cm³/mol. The van der Waals surface area contributed by atoms with Gasteiger partial charge >= 0.3 is 0 Å². The van der Waals surface area contributed by atoms with Gasteiger partial charge in [0.2, 0.25) is 0 Å². The minimum absolute atomic E-state index is 0.225. The average molecular weight is 326 g/mol. The van der Waals surface area contributed by atoms with Crippen LogP contribution >= 0.6 is 0 Å². The highest BCUT2D eigenvalue weighted by Gasteiger charge is 2.42. The molecular formula is C20H26N2O2. The van der Waals surface area contributed by atoms with Crippen LogP contribution in [0.25, 0.3) is 10.9 Å². The van der Waals surface area contributed by atoms with Gasteiger partial charge in [0.1, 0.15) is 5.75 Å². The Morgan fingerprint density at radius 3 is 2.96 bits per heavy atom. The second kappa shape index (κ2) is 6.34. The van der Waals surface area contributed by atoms with Crippen LogP contribution in [0.15, 0.2) is 30.5 Å². The first kappa shape index (κ1) is 15.9. The van der Waals surface area contributed by atoms with E-state index in [9.17, 15) is 5.11 Å². The number of pyridine rings is 1. The number of methoxy groups -OCH3 is 1. The normalized spacial score (nSPS) is 30.5. The standard InChI is InChI=1S/C20H26N2O2/c1-3-13-12-22-9-7-14(13)10-19(22)20(23)16-6-8-21-18-5-4-15(24-2)11-17(16)18/h4-6,8,11,13-14,19-20,23H,3,7,9-10,12H2,1-2H3/t13-,14-,19+,20+/m1/s1. The third-order valence-corrected chi connectivity index (χ3v) is 6.13. The Bertz CT molecular complexity index is 733. The molecule has 0 spiro atoms. The molecule has 3 saturated heterocycles. The van der Waals surface area contributed by atoms with Gasteiger partial charge < -0.3 is 9.84 Å². The second-order valence-corrected chi connectivity index (χ2v) is 7.24. The molecule has 4 heterocycles. The zero-order valence-corrected chi connectivity index (χ0v) is 14.5. The van der Waals surface area contributed by atoms with Gasteiger partial charge in [-0.3, -0.25) is 9.88 Å². The van der Waals surface area contributed by atoms with E-state index in [2.05, 4.69) is 16.8 Å². The summed E-state index contributed by atoms with van der Waals surface area (Å²) < 4.78 is 5.36. The summed E-state index contributed by atoms with van der Waals surface area (Å²) in [6, 6.07) is 8.07. The van der Waals surface area contributed by atoms with E-state index < -0.39 is 6.10 Å². The number of rotatable bonds is 4. The number of aromatic nitrogens is 1. The van der Waals surface area contributed by atoms with Crippen LogP contribution in [0.1, 0.15) is 37.9 Å². The SMILES string of the molecule is CC[C@@H]1CN2CC[C@@H]1C[C@H]2[C@@H](O)c1ccnc2ccc(OC)cc12. The highest BCUT2D eigenvalue weighted by Crippen LogP contribution is 2.42. The Balaban J connectivity index is 1.68. The first-order chi connectivity index (χ1) is 11.7. The van der Waals surface area contributed by atoms with E-state index in [1.165, 1.54) is 12.8 Å². The Morgan fingerprint density at radius 1 is 1.38 bits per heavy atom. The molecule has 2 bridgehead atoms. The molecule has 3 aliphatic heterocycles. The Labute approximate surface area is 143 Å². The van der Waals surface area contributed by atoms with Crippen molar-refractivity contribution in [2.45, 2.75) is 38.3 Å². The smallest absolute Gasteiger partial charge is 0.119 e. The predicted octanol–water partition coefficient (Wildman–Crippen LogP) is 3.40. The van der Waals surface area contributed by atoms with Crippen molar-refractivity contribution >= 4 is 10.9 Å². The molecule has 0 amide bonds. The minimum atomic E-state index is -0.469. The van der Waals surface area contributed by atoms with E-state index >= 15 is 0 Å². The first-order valence-electron chi connectivity index (χ1n) is 9.06. The van der Waals surface area contributed by atoms with Crippen LogP contribution in [-0.2, 0) is 0 Å². The Hall–Kier alpha value is -1.65. The maximum Gasteiger partial charge on any atom is 0.119 e. The maximum absolute atomic E-state index is 11.2. The third kappa shape index (κ3) is 2.58. The number of hydrogen-bond acceptors (Lipinski definition) is 4. The molecule has 5 rings (SSSR count). The van der Waals surface area contributed by atoms with E-state index in [0.717, 1.165) is 53.6 Å². The highest BCUT2D eigenvalue weighted by atomic mass is 16.5. The van der Waals surface area contributed by atoms with Crippen molar-refractivity contribution in [2.75, 3.05) is 20.2 Å². The number of aliphatic hydroxyl groups is 1. The summed E-state index contributed by atoms with van der Waals surface area (Å²) in [6.45, 7) is 4.55. The molecule has 0 aliphatic carbocycles. The van der Waals surface area contributed by atoms with E-state index in [1.54, 1.807) is 13.3 Å². The van der Waals surface area contributed by atoms with Crippen LogP contribution < -0.4 is 4.74 Å². The van der Waals surface area contributed by atoms with E-state index in [4.69, 9.17) is 4.74 Å². The van der Waals surface area contributed by atoms with Gasteiger partial charge in [-0.2, -0.15) is 0 Å². The van der Waals surface area contributed by atoms with Crippen molar-refractivity contribution < 1.29 is 9.84 Å². The third-order valence-electron chi connectivity index (χ3n) is 6.13.